The summed E-state index contributed by atoms with van der Waals surface area (Å²) in [5, 5.41) is 12.4. The van der Waals surface area contributed by atoms with Gasteiger partial charge in [-0.1, -0.05) is 51.1 Å². The van der Waals surface area contributed by atoms with Gasteiger partial charge >= 0.3 is 0 Å². The molecule has 2 aromatic rings. The van der Waals surface area contributed by atoms with Crippen molar-refractivity contribution in [3.63, 3.8) is 0 Å². The molecule has 2 heterocycles. The van der Waals surface area contributed by atoms with Crippen molar-refractivity contribution in [1.82, 2.24) is 20.1 Å². The number of benzene rings is 1. The van der Waals surface area contributed by atoms with Crippen LogP contribution in [0.3, 0.4) is 0 Å². The number of hydrogen-bond acceptors (Lipinski definition) is 3. The maximum Gasteiger partial charge on any atom is 0.135 e. The summed E-state index contributed by atoms with van der Waals surface area (Å²) in [7, 11) is 0. The van der Waals surface area contributed by atoms with Crippen molar-refractivity contribution < 1.29 is 0 Å². The van der Waals surface area contributed by atoms with Gasteiger partial charge in [0.05, 0.1) is 0 Å². The van der Waals surface area contributed by atoms with Crippen LogP contribution in [0.5, 0.6) is 0 Å². The Morgan fingerprint density at radius 2 is 1.95 bits per heavy atom. The molecule has 118 valence electrons. The summed E-state index contributed by atoms with van der Waals surface area (Å²) in [4.78, 5) is 0. The van der Waals surface area contributed by atoms with E-state index in [2.05, 4.69) is 71.2 Å². The Labute approximate surface area is 133 Å². The minimum absolute atomic E-state index is 0.434. The summed E-state index contributed by atoms with van der Waals surface area (Å²) in [5.74, 6) is 3.24. The van der Waals surface area contributed by atoms with Crippen molar-refractivity contribution in [3.05, 3.63) is 47.5 Å². The number of rotatable bonds is 5. The first-order valence-corrected chi connectivity index (χ1v) is 8.35. The SMILES string of the molecule is CC(C)c1nnc2n1C[C@@H](NC[C@@H](C)c1ccccc1)CC2. The Morgan fingerprint density at radius 3 is 2.68 bits per heavy atom. The van der Waals surface area contributed by atoms with E-state index in [-0.39, 0.29) is 0 Å². The highest BCUT2D eigenvalue weighted by Gasteiger charge is 2.23. The summed E-state index contributed by atoms with van der Waals surface area (Å²) >= 11 is 0. The quantitative estimate of drug-likeness (QED) is 0.922. The average molecular weight is 298 g/mol. The fourth-order valence-electron chi connectivity index (χ4n) is 3.18. The molecule has 0 fully saturated rings. The summed E-state index contributed by atoms with van der Waals surface area (Å²) in [6, 6.07) is 11.2. The van der Waals surface area contributed by atoms with E-state index in [4.69, 9.17) is 0 Å². The zero-order valence-electron chi connectivity index (χ0n) is 13.8. The second kappa shape index (κ2) is 6.61. The first-order chi connectivity index (χ1) is 10.6. The third-order valence-electron chi connectivity index (χ3n) is 4.57. The first kappa shape index (κ1) is 15.2. The minimum Gasteiger partial charge on any atom is -0.313 e. The molecule has 3 rings (SSSR count). The molecule has 2 atom stereocenters. The van der Waals surface area contributed by atoms with E-state index >= 15 is 0 Å². The van der Waals surface area contributed by atoms with Crippen LogP contribution >= 0.6 is 0 Å². The van der Waals surface area contributed by atoms with Crippen LogP contribution in [0.1, 0.15) is 56.2 Å². The monoisotopic (exact) mass is 298 g/mol. The molecule has 1 aliphatic heterocycles. The number of nitrogens with zero attached hydrogens (tertiary/aromatic N) is 3. The number of fused-ring (bicyclic) bond motifs is 1. The Morgan fingerprint density at radius 1 is 1.18 bits per heavy atom. The topological polar surface area (TPSA) is 42.7 Å². The first-order valence-electron chi connectivity index (χ1n) is 8.35. The maximum absolute atomic E-state index is 4.36. The highest BCUT2D eigenvalue weighted by Crippen LogP contribution is 2.21. The van der Waals surface area contributed by atoms with Crippen molar-refractivity contribution in [2.75, 3.05) is 6.54 Å². The lowest BCUT2D eigenvalue weighted by Crippen LogP contribution is -2.39. The van der Waals surface area contributed by atoms with Gasteiger partial charge in [0, 0.05) is 31.5 Å². The van der Waals surface area contributed by atoms with E-state index in [9.17, 15) is 0 Å². The van der Waals surface area contributed by atoms with Gasteiger partial charge in [-0.2, -0.15) is 0 Å². The highest BCUT2D eigenvalue weighted by molar-refractivity contribution is 5.19. The molecule has 0 spiro atoms. The lowest BCUT2D eigenvalue weighted by atomic mass is 10.00. The molecular formula is C18H26N4. The molecule has 0 radical (unpaired) electrons. The number of nitrogens with one attached hydrogen (secondary N) is 1. The number of aryl methyl sites for hydroxylation is 1. The van der Waals surface area contributed by atoms with Crippen LogP contribution in [0.25, 0.3) is 0 Å². The largest absolute Gasteiger partial charge is 0.313 e. The zero-order valence-corrected chi connectivity index (χ0v) is 13.8. The number of hydrogen-bond donors (Lipinski definition) is 1. The van der Waals surface area contributed by atoms with Gasteiger partial charge < -0.3 is 9.88 Å². The molecule has 22 heavy (non-hydrogen) atoms. The van der Waals surface area contributed by atoms with E-state index in [1.54, 1.807) is 0 Å². The van der Waals surface area contributed by atoms with E-state index in [1.165, 1.54) is 5.56 Å². The molecule has 0 aliphatic carbocycles. The van der Waals surface area contributed by atoms with Crippen molar-refractivity contribution in [3.8, 4) is 0 Å². The summed E-state index contributed by atoms with van der Waals surface area (Å²) < 4.78 is 2.32. The van der Waals surface area contributed by atoms with Crippen molar-refractivity contribution in [2.24, 2.45) is 0 Å². The highest BCUT2D eigenvalue weighted by atomic mass is 15.3. The minimum atomic E-state index is 0.434. The molecular weight excluding hydrogens is 272 g/mol. The smallest absolute Gasteiger partial charge is 0.135 e. The molecule has 1 N–H and O–H groups in total. The predicted molar refractivity (Wildman–Crippen MR) is 89.1 cm³/mol. The maximum atomic E-state index is 4.36. The van der Waals surface area contributed by atoms with E-state index < -0.39 is 0 Å². The zero-order chi connectivity index (χ0) is 15.5. The average Bonchev–Trinajstić information content (AvgIpc) is 2.96. The van der Waals surface area contributed by atoms with Crippen LogP contribution in [-0.4, -0.2) is 27.4 Å². The molecule has 0 saturated heterocycles. The van der Waals surface area contributed by atoms with Gasteiger partial charge in [-0.15, -0.1) is 10.2 Å². The van der Waals surface area contributed by atoms with Gasteiger partial charge in [0.15, 0.2) is 0 Å². The third-order valence-corrected chi connectivity index (χ3v) is 4.57. The van der Waals surface area contributed by atoms with Crippen molar-refractivity contribution in [2.45, 2.75) is 58.0 Å². The molecule has 0 amide bonds. The lowest BCUT2D eigenvalue weighted by Gasteiger charge is -2.27. The van der Waals surface area contributed by atoms with E-state index in [1.807, 2.05) is 0 Å². The predicted octanol–water partition coefficient (Wildman–Crippen LogP) is 3.11. The van der Waals surface area contributed by atoms with Crippen LogP contribution in [-0.2, 0) is 13.0 Å². The van der Waals surface area contributed by atoms with Gasteiger partial charge in [0.2, 0.25) is 0 Å². The standard InChI is InChI=1S/C18H26N4/c1-13(2)18-21-20-17-10-9-16(12-22(17)18)19-11-14(3)15-7-5-4-6-8-15/h4-8,13-14,16,19H,9-12H2,1-3H3/t14-,16+/m1/s1. The van der Waals surface area contributed by atoms with Crippen LogP contribution in [0, 0.1) is 0 Å². The Hall–Kier alpha value is -1.68. The fourth-order valence-corrected chi connectivity index (χ4v) is 3.18. The molecule has 1 aromatic heterocycles. The third kappa shape index (κ3) is 3.22. The molecule has 0 bridgehead atoms. The Balaban J connectivity index is 1.60. The van der Waals surface area contributed by atoms with Crippen LogP contribution in [0.4, 0.5) is 0 Å². The van der Waals surface area contributed by atoms with Gasteiger partial charge in [-0.05, 0) is 17.9 Å². The molecule has 0 unspecified atom stereocenters. The lowest BCUT2D eigenvalue weighted by molar-refractivity contribution is 0.366. The van der Waals surface area contributed by atoms with E-state index in [0.29, 0.717) is 17.9 Å². The van der Waals surface area contributed by atoms with Crippen LogP contribution in [0.2, 0.25) is 0 Å². The Kier molecular flexibility index (Phi) is 4.57. The normalized spacial score (nSPS) is 19.2. The molecule has 4 heteroatoms. The summed E-state index contributed by atoms with van der Waals surface area (Å²) in [6.45, 7) is 8.67. The van der Waals surface area contributed by atoms with Crippen LogP contribution in [0.15, 0.2) is 30.3 Å². The van der Waals surface area contributed by atoms with Crippen LogP contribution < -0.4 is 5.32 Å². The second-order valence-corrected chi connectivity index (χ2v) is 6.70. The summed E-state index contributed by atoms with van der Waals surface area (Å²) in [5.41, 5.74) is 1.40. The summed E-state index contributed by atoms with van der Waals surface area (Å²) in [6.07, 6.45) is 2.18. The van der Waals surface area contributed by atoms with Crippen molar-refractivity contribution in [1.29, 1.82) is 0 Å². The molecule has 4 nitrogen and oxygen atoms in total. The van der Waals surface area contributed by atoms with Crippen molar-refractivity contribution >= 4 is 0 Å². The van der Waals surface area contributed by atoms with Gasteiger partial charge in [0.1, 0.15) is 11.6 Å². The molecule has 1 aromatic carbocycles. The Bertz CT molecular complexity index is 603. The van der Waals surface area contributed by atoms with Gasteiger partial charge in [-0.3, -0.25) is 0 Å². The van der Waals surface area contributed by atoms with E-state index in [0.717, 1.165) is 37.6 Å². The second-order valence-electron chi connectivity index (χ2n) is 6.70. The number of aromatic nitrogens is 3. The molecule has 0 saturated carbocycles. The molecule has 1 aliphatic rings. The fraction of sp³-hybridized carbons (Fsp3) is 0.556. The van der Waals surface area contributed by atoms with Gasteiger partial charge in [-0.25, -0.2) is 0 Å². The van der Waals surface area contributed by atoms with Gasteiger partial charge in [0.25, 0.3) is 0 Å².